The highest BCUT2D eigenvalue weighted by Crippen LogP contribution is 2.69. The molecule has 0 radical (unpaired) electrons. The van der Waals surface area contributed by atoms with Crippen molar-refractivity contribution >= 4 is 29.2 Å². The Morgan fingerprint density at radius 1 is 1.55 bits per heavy atom. The van der Waals surface area contributed by atoms with Gasteiger partial charge in [-0.05, 0) is 0 Å². The van der Waals surface area contributed by atoms with Gasteiger partial charge in [0, 0.05) is 11.3 Å². The first kappa shape index (κ1) is 9.14. The Balaban J connectivity index is 2.61. The van der Waals surface area contributed by atoms with Crippen LogP contribution in [0.2, 0.25) is 0 Å². The third-order valence-electron chi connectivity index (χ3n) is 2.46. The first-order valence-electron chi connectivity index (χ1n) is 3.39. The van der Waals surface area contributed by atoms with E-state index >= 15 is 0 Å². The normalized spacial score (nSPS) is 31.5. The van der Waals surface area contributed by atoms with E-state index < -0.39 is 10.3 Å². The highest BCUT2D eigenvalue weighted by Gasteiger charge is 2.70. The molecule has 1 N–H and O–H groups in total. The number of halogens is 2. The SMILES string of the molecule is CC1(C)C(CC(=O)O)C1(Cl)Cl. The number of carbonyl (C=O) groups is 1. The number of carboxylic acid groups (broad SMARTS) is 1. The summed E-state index contributed by atoms with van der Waals surface area (Å²) in [5, 5.41) is 8.47. The molecule has 1 aliphatic rings. The lowest BCUT2D eigenvalue weighted by molar-refractivity contribution is -0.137. The maximum absolute atomic E-state index is 10.3. The van der Waals surface area contributed by atoms with Crippen LogP contribution in [0.15, 0.2) is 0 Å². The number of rotatable bonds is 2. The molecule has 1 fully saturated rings. The highest BCUT2D eigenvalue weighted by atomic mass is 35.5. The monoisotopic (exact) mass is 196 g/mol. The van der Waals surface area contributed by atoms with E-state index in [0.29, 0.717) is 0 Å². The first-order valence-corrected chi connectivity index (χ1v) is 4.15. The summed E-state index contributed by atoms with van der Waals surface area (Å²) in [5.74, 6) is -0.956. The topological polar surface area (TPSA) is 37.3 Å². The number of carboxylic acids is 1. The Bertz CT molecular complexity index is 185. The summed E-state index contributed by atoms with van der Waals surface area (Å²) >= 11 is 11.7. The standard InChI is InChI=1S/C7H10Cl2O2/c1-6(2)4(3-5(10)11)7(6,8)9/h4H,3H2,1-2H3,(H,10,11). The molecule has 1 unspecified atom stereocenters. The van der Waals surface area contributed by atoms with Crippen LogP contribution in [0.3, 0.4) is 0 Å². The zero-order valence-electron chi connectivity index (χ0n) is 6.40. The molecule has 4 heteroatoms. The van der Waals surface area contributed by atoms with Crippen LogP contribution < -0.4 is 0 Å². The predicted octanol–water partition coefficient (Wildman–Crippen LogP) is 2.29. The van der Waals surface area contributed by atoms with Crippen LogP contribution in [-0.4, -0.2) is 15.4 Å². The average molecular weight is 197 g/mol. The van der Waals surface area contributed by atoms with Gasteiger partial charge in [0.25, 0.3) is 0 Å². The lowest BCUT2D eigenvalue weighted by Gasteiger charge is -1.99. The number of hydrogen-bond donors (Lipinski definition) is 1. The second-order valence-corrected chi connectivity index (χ2v) is 4.88. The van der Waals surface area contributed by atoms with E-state index in [2.05, 4.69) is 0 Å². The van der Waals surface area contributed by atoms with E-state index in [0.717, 1.165) is 0 Å². The molecule has 0 aromatic heterocycles. The summed E-state index contributed by atoms with van der Waals surface area (Å²) < 4.78 is -0.842. The van der Waals surface area contributed by atoms with Gasteiger partial charge in [-0.15, -0.1) is 23.2 Å². The molecule has 64 valence electrons. The van der Waals surface area contributed by atoms with Crippen molar-refractivity contribution in [2.75, 3.05) is 0 Å². The second kappa shape index (κ2) is 2.27. The Morgan fingerprint density at radius 3 is 2.00 bits per heavy atom. The summed E-state index contributed by atoms with van der Waals surface area (Å²) in [4.78, 5) is 10.3. The van der Waals surface area contributed by atoms with Crippen LogP contribution in [0.5, 0.6) is 0 Å². The Labute approximate surface area is 75.5 Å². The predicted molar refractivity (Wildman–Crippen MR) is 44.0 cm³/mol. The van der Waals surface area contributed by atoms with Crippen molar-refractivity contribution < 1.29 is 9.90 Å². The summed E-state index contributed by atoms with van der Waals surface area (Å²) in [6, 6.07) is 0. The molecule has 0 heterocycles. The van der Waals surface area contributed by atoms with Gasteiger partial charge >= 0.3 is 5.97 Å². The Morgan fingerprint density at radius 2 is 1.91 bits per heavy atom. The maximum atomic E-state index is 10.3. The third-order valence-corrected chi connectivity index (χ3v) is 3.96. The minimum absolute atomic E-state index is 0.0556. The van der Waals surface area contributed by atoms with Crippen molar-refractivity contribution in [1.82, 2.24) is 0 Å². The van der Waals surface area contributed by atoms with Gasteiger partial charge in [-0.25, -0.2) is 0 Å². The Kier molecular flexibility index (Phi) is 1.88. The molecule has 2 nitrogen and oxygen atoms in total. The molecule has 1 atom stereocenters. The van der Waals surface area contributed by atoms with Crippen LogP contribution in [0.1, 0.15) is 20.3 Å². The lowest BCUT2D eigenvalue weighted by Crippen LogP contribution is -2.00. The summed E-state index contributed by atoms with van der Waals surface area (Å²) in [7, 11) is 0. The number of aliphatic carboxylic acids is 1. The minimum Gasteiger partial charge on any atom is -0.481 e. The molecular weight excluding hydrogens is 187 g/mol. The van der Waals surface area contributed by atoms with Crippen LogP contribution in [0.4, 0.5) is 0 Å². The molecule has 0 aliphatic heterocycles. The molecule has 0 aromatic rings. The fourth-order valence-electron chi connectivity index (χ4n) is 1.32. The van der Waals surface area contributed by atoms with Crippen molar-refractivity contribution in [3.8, 4) is 0 Å². The summed E-state index contributed by atoms with van der Waals surface area (Å²) in [5.41, 5.74) is -0.255. The zero-order valence-corrected chi connectivity index (χ0v) is 7.91. The van der Waals surface area contributed by atoms with E-state index in [1.807, 2.05) is 13.8 Å². The minimum atomic E-state index is -0.842. The number of alkyl halides is 2. The van der Waals surface area contributed by atoms with Gasteiger partial charge in [0.1, 0.15) is 4.33 Å². The fourth-order valence-corrected chi connectivity index (χ4v) is 2.17. The molecular formula is C7H10Cl2O2. The molecule has 1 aliphatic carbocycles. The van der Waals surface area contributed by atoms with Crippen LogP contribution >= 0.6 is 23.2 Å². The van der Waals surface area contributed by atoms with Crippen LogP contribution in [0.25, 0.3) is 0 Å². The maximum Gasteiger partial charge on any atom is 0.303 e. The molecule has 0 bridgehead atoms. The van der Waals surface area contributed by atoms with Crippen molar-refractivity contribution in [2.24, 2.45) is 11.3 Å². The van der Waals surface area contributed by atoms with Crippen LogP contribution in [0, 0.1) is 11.3 Å². The Hall–Kier alpha value is 0.0500. The number of hydrogen-bond acceptors (Lipinski definition) is 1. The van der Waals surface area contributed by atoms with Gasteiger partial charge in [-0.1, -0.05) is 13.8 Å². The van der Waals surface area contributed by atoms with Gasteiger partial charge in [0.15, 0.2) is 0 Å². The van der Waals surface area contributed by atoms with Gasteiger partial charge in [0.05, 0.1) is 6.42 Å². The van der Waals surface area contributed by atoms with E-state index in [9.17, 15) is 4.79 Å². The summed E-state index contributed by atoms with van der Waals surface area (Å²) in [6.45, 7) is 3.75. The van der Waals surface area contributed by atoms with Gasteiger partial charge in [-0.3, -0.25) is 4.79 Å². The first-order chi connectivity index (χ1) is 4.80. The van der Waals surface area contributed by atoms with Gasteiger partial charge < -0.3 is 5.11 Å². The van der Waals surface area contributed by atoms with E-state index in [1.165, 1.54) is 0 Å². The molecule has 0 amide bonds. The molecule has 0 spiro atoms. The highest BCUT2D eigenvalue weighted by molar-refractivity contribution is 6.51. The van der Waals surface area contributed by atoms with Gasteiger partial charge in [0.2, 0.25) is 0 Å². The molecule has 0 saturated heterocycles. The average Bonchev–Trinajstić information content (AvgIpc) is 2.11. The smallest absolute Gasteiger partial charge is 0.303 e. The fraction of sp³-hybridized carbons (Fsp3) is 0.857. The molecule has 1 rings (SSSR count). The third kappa shape index (κ3) is 1.23. The van der Waals surface area contributed by atoms with Crippen molar-refractivity contribution in [3.05, 3.63) is 0 Å². The van der Waals surface area contributed by atoms with E-state index in [4.69, 9.17) is 28.3 Å². The summed E-state index contributed by atoms with van der Waals surface area (Å²) in [6.07, 6.45) is 0.0556. The lowest BCUT2D eigenvalue weighted by atomic mass is 10.1. The largest absolute Gasteiger partial charge is 0.481 e. The van der Waals surface area contributed by atoms with E-state index in [1.54, 1.807) is 0 Å². The van der Waals surface area contributed by atoms with Crippen molar-refractivity contribution in [3.63, 3.8) is 0 Å². The van der Waals surface area contributed by atoms with Crippen molar-refractivity contribution in [1.29, 1.82) is 0 Å². The molecule has 11 heavy (non-hydrogen) atoms. The second-order valence-electron chi connectivity index (χ2n) is 3.50. The molecule has 0 aromatic carbocycles. The van der Waals surface area contributed by atoms with Gasteiger partial charge in [-0.2, -0.15) is 0 Å². The van der Waals surface area contributed by atoms with E-state index in [-0.39, 0.29) is 17.8 Å². The van der Waals surface area contributed by atoms with Crippen molar-refractivity contribution in [2.45, 2.75) is 24.6 Å². The molecule has 1 saturated carbocycles. The zero-order chi connectivity index (χ0) is 8.86. The quantitative estimate of drug-likeness (QED) is 0.689. The van der Waals surface area contributed by atoms with Crippen LogP contribution in [-0.2, 0) is 4.79 Å².